The zero-order chi connectivity index (χ0) is 27.4. The van der Waals surface area contributed by atoms with Crippen molar-refractivity contribution in [3.8, 4) is 5.75 Å². The summed E-state index contributed by atoms with van der Waals surface area (Å²) < 4.78 is 20.3. The van der Waals surface area contributed by atoms with Crippen molar-refractivity contribution in [3.05, 3.63) is 89.5 Å². The fourth-order valence-corrected chi connectivity index (χ4v) is 2.74. The van der Waals surface area contributed by atoms with Crippen molar-refractivity contribution in [2.75, 3.05) is 19.8 Å². The van der Waals surface area contributed by atoms with Crippen molar-refractivity contribution in [1.29, 1.82) is 0 Å². The molecule has 0 unspecified atom stereocenters. The highest BCUT2D eigenvalue weighted by molar-refractivity contribution is 5.95. The van der Waals surface area contributed by atoms with Gasteiger partial charge in [-0.1, -0.05) is 13.2 Å². The van der Waals surface area contributed by atoms with E-state index in [0.717, 1.165) is 0 Å². The molecule has 0 aromatic heterocycles. The van der Waals surface area contributed by atoms with Gasteiger partial charge < -0.3 is 18.9 Å². The summed E-state index contributed by atoms with van der Waals surface area (Å²) in [6, 6.07) is 11.4. The summed E-state index contributed by atoms with van der Waals surface area (Å²) in [5.74, 6) is -2.31. The molecule has 0 radical (unpaired) electrons. The molecule has 0 aliphatic rings. The van der Waals surface area contributed by atoms with Crippen LogP contribution in [0, 0.1) is 0 Å². The smallest absolute Gasteiger partial charge is 0.343 e. The highest BCUT2D eigenvalue weighted by atomic mass is 16.6. The third-order valence-corrected chi connectivity index (χ3v) is 4.81. The molecule has 194 valence electrons. The third kappa shape index (κ3) is 9.56. The summed E-state index contributed by atoms with van der Waals surface area (Å²) in [5, 5.41) is 0. The van der Waals surface area contributed by atoms with Crippen LogP contribution in [-0.4, -0.2) is 49.5 Å². The van der Waals surface area contributed by atoms with Gasteiger partial charge in [0.2, 0.25) is 0 Å². The molecule has 2 aromatic carbocycles. The summed E-state index contributed by atoms with van der Waals surface area (Å²) in [7, 11) is 0. The predicted molar refractivity (Wildman–Crippen MR) is 133 cm³/mol. The van der Waals surface area contributed by atoms with Crippen LogP contribution in [0.5, 0.6) is 5.75 Å². The highest BCUT2D eigenvalue weighted by Crippen LogP contribution is 2.16. The van der Waals surface area contributed by atoms with Crippen LogP contribution >= 0.6 is 0 Å². The van der Waals surface area contributed by atoms with Crippen LogP contribution in [-0.2, 0) is 23.8 Å². The standard InChI is InChI=1S/C28H28O9/c1-18(2)24(29)6-5-15-34-26(31)20-7-9-22(10-8-20)28(33)37-23-13-11-21(12-14-23)27(32)36-17-16-35-25(30)19(3)4/h7-14H,1,3,5-6,15-17H2,2,4H3. The molecule has 0 bridgehead atoms. The van der Waals surface area contributed by atoms with Crippen molar-refractivity contribution >= 4 is 29.7 Å². The maximum atomic E-state index is 12.4. The lowest BCUT2D eigenvalue weighted by atomic mass is 10.1. The van der Waals surface area contributed by atoms with E-state index in [1.165, 1.54) is 55.5 Å². The van der Waals surface area contributed by atoms with Gasteiger partial charge in [0.05, 0.1) is 23.3 Å². The fourth-order valence-electron chi connectivity index (χ4n) is 2.74. The van der Waals surface area contributed by atoms with Crippen LogP contribution in [0.4, 0.5) is 0 Å². The van der Waals surface area contributed by atoms with Gasteiger partial charge in [-0.15, -0.1) is 0 Å². The van der Waals surface area contributed by atoms with Gasteiger partial charge in [-0.05, 0) is 74.4 Å². The first kappa shape index (κ1) is 28.7. The maximum absolute atomic E-state index is 12.4. The Bertz CT molecular complexity index is 1180. The van der Waals surface area contributed by atoms with Crippen molar-refractivity contribution in [2.24, 2.45) is 0 Å². The average Bonchev–Trinajstić information content (AvgIpc) is 2.88. The Morgan fingerprint density at radius 2 is 1.08 bits per heavy atom. The molecule has 9 nitrogen and oxygen atoms in total. The maximum Gasteiger partial charge on any atom is 0.343 e. The van der Waals surface area contributed by atoms with Crippen molar-refractivity contribution in [1.82, 2.24) is 0 Å². The SMILES string of the molecule is C=C(C)C(=O)CCCOC(=O)c1ccc(C(=O)Oc2ccc(C(=O)OCCOC(=O)C(=C)C)cc2)cc1. The van der Waals surface area contributed by atoms with E-state index in [2.05, 4.69) is 13.2 Å². The summed E-state index contributed by atoms with van der Waals surface area (Å²) in [5.41, 5.74) is 1.38. The molecule has 0 aliphatic carbocycles. The molecule has 9 heteroatoms. The second-order valence-electron chi connectivity index (χ2n) is 7.99. The number of hydrogen-bond donors (Lipinski definition) is 0. The number of Topliss-reactive ketones (excluding diaryl/α,β-unsaturated/α-hetero) is 1. The molecule has 0 amide bonds. The van der Waals surface area contributed by atoms with Gasteiger partial charge in [-0.2, -0.15) is 0 Å². The van der Waals surface area contributed by atoms with Gasteiger partial charge in [0, 0.05) is 12.0 Å². The number of esters is 4. The molecule has 0 aliphatic heterocycles. The molecule has 0 N–H and O–H groups in total. The predicted octanol–water partition coefficient (Wildman–Crippen LogP) is 4.26. The summed E-state index contributed by atoms with van der Waals surface area (Å²) >= 11 is 0. The average molecular weight is 509 g/mol. The Labute approximate surface area is 214 Å². The summed E-state index contributed by atoms with van der Waals surface area (Å²) in [6.45, 7) is 10.0. The molecule has 0 fully saturated rings. The highest BCUT2D eigenvalue weighted by Gasteiger charge is 2.14. The zero-order valence-electron chi connectivity index (χ0n) is 20.7. The van der Waals surface area contributed by atoms with Crippen LogP contribution in [0.3, 0.4) is 0 Å². The first-order valence-corrected chi connectivity index (χ1v) is 11.4. The van der Waals surface area contributed by atoms with Crippen LogP contribution in [0.2, 0.25) is 0 Å². The first-order chi connectivity index (χ1) is 17.6. The van der Waals surface area contributed by atoms with Crippen LogP contribution in [0.15, 0.2) is 72.8 Å². The lowest BCUT2D eigenvalue weighted by Gasteiger charge is -2.08. The van der Waals surface area contributed by atoms with E-state index in [-0.39, 0.29) is 60.0 Å². The van der Waals surface area contributed by atoms with E-state index in [9.17, 15) is 24.0 Å². The quantitative estimate of drug-likeness (QED) is 0.128. The van der Waals surface area contributed by atoms with Gasteiger partial charge in [0.1, 0.15) is 19.0 Å². The van der Waals surface area contributed by atoms with Gasteiger partial charge in [-0.25, -0.2) is 19.2 Å². The number of carbonyl (C=O) groups is 5. The first-order valence-electron chi connectivity index (χ1n) is 11.4. The van der Waals surface area contributed by atoms with Gasteiger partial charge >= 0.3 is 23.9 Å². The second kappa shape index (κ2) is 14.1. The largest absolute Gasteiger partial charge is 0.462 e. The molecule has 0 atom stereocenters. The number of ketones is 1. The normalized spacial score (nSPS) is 10.1. The van der Waals surface area contributed by atoms with Crippen LogP contribution in [0.25, 0.3) is 0 Å². The lowest BCUT2D eigenvalue weighted by Crippen LogP contribution is -2.14. The molecule has 2 aromatic rings. The Hall–Kier alpha value is -4.53. The molecular formula is C28H28O9. The molecule has 37 heavy (non-hydrogen) atoms. The molecule has 0 saturated heterocycles. The Kier molecular flexibility index (Phi) is 11.0. The number of allylic oxidation sites excluding steroid dienone is 1. The lowest BCUT2D eigenvalue weighted by molar-refractivity contribution is -0.140. The van der Waals surface area contributed by atoms with E-state index in [1.54, 1.807) is 6.92 Å². The summed E-state index contributed by atoms with van der Waals surface area (Å²) in [4.78, 5) is 59.4. The Morgan fingerprint density at radius 1 is 0.622 bits per heavy atom. The van der Waals surface area contributed by atoms with E-state index < -0.39 is 23.9 Å². The number of ether oxygens (including phenoxy) is 4. The number of benzene rings is 2. The van der Waals surface area contributed by atoms with E-state index >= 15 is 0 Å². The summed E-state index contributed by atoms with van der Waals surface area (Å²) in [6.07, 6.45) is 0.645. The number of rotatable bonds is 13. The van der Waals surface area contributed by atoms with E-state index in [1.807, 2.05) is 0 Å². The van der Waals surface area contributed by atoms with Gasteiger partial charge in [-0.3, -0.25) is 4.79 Å². The molecule has 0 spiro atoms. The Morgan fingerprint density at radius 3 is 1.59 bits per heavy atom. The van der Waals surface area contributed by atoms with E-state index in [4.69, 9.17) is 18.9 Å². The van der Waals surface area contributed by atoms with E-state index in [0.29, 0.717) is 12.0 Å². The fraction of sp³-hybridized carbons (Fsp3) is 0.250. The molecular weight excluding hydrogens is 480 g/mol. The third-order valence-electron chi connectivity index (χ3n) is 4.81. The number of carbonyl (C=O) groups excluding carboxylic acids is 5. The molecule has 0 saturated carbocycles. The molecule has 2 rings (SSSR count). The minimum atomic E-state index is -0.659. The van der Waals surface area contributed by atoms with Crippen molar-refractivity contribution in [2.45, 2.75) is 26.7 Å². The minimum Gasteiger partial charge on any atom is -0.462 e. The monoisotopic (exact) mass is 508 g/mol. The zero-order valence-corrected chi connectivity index (χ0v) is 20.7. The topological polar surface area (TPSA) is 122 Å². The molecule has 0 heterocycles. The van der Waals surface area contributed by atoms with Crippen molar-refractivity contribution in [3.63, 3.8) is 0 Å². The van der Waals surface area contributed by atoms with Crippen molar-refractivity contribution < 1.29 is 42.9 Å². The number of hydrogen-bond acceptors (Lipinski definition) is 9. The van der Waals surface area contributed by atoms with Crippen LogP contribution in [0.1, 0.15) is 57.8 Å². The van der Waals surface area contributed by atoms with Gasteiger partial charge in [0.25, 0.3) is 0 Å². The Balaban J connectivity index is 1.80. The van der Waals surface area contributed by atoms with Crippen LogP contribution < -0.4 is 4.74 Å². The second-order valence-corrected chi connectivity index (χ2v) is 7.99. The minimum absolute atomic E-state index is 0.0766. The van der Waals surface area contributed by atoms with Gasteiger partial charge in [0.15, 0.2) is 5.78 Å².